The number of anilines is 2. The fourth-order valence-corrected chi connectivity index (χ4v) is 5.05. The number of aromatic amines is 2. The SMILES string of the molecule is Nc1nccn2c(C3CCC(C(=O)Nc4cccnc4)CC3)nc(-c3cc4c(=O)[nH]ccc4[nH]3)c12. The molecule has 0 saturated heterocycles. The van der Waals surface area contributed by atoms with Crippen molar-refractivity contribution in [1.29, 1.82) is 0 Å². The molecular weight excluding hydrogens is 444 g/mol. The Labute approximate surface area is 199 Å². The standard InChI is InChI=1S/C25H24N8O2/c26-22-21-20(19-12-17-18(31-19)7-9-29-25(17)35)32-23(33(21)11-10-28-22)14-3-5-15(6-4-14)24(34)30-16-2-1-8-27-13-16/h1-2,7-15,31H,3-6H2,(H2,26,28)(H,29,35)(H,30,34). The summed E-state index contributed by atoms with van der Waals surface area (Å²) in [6.45, 7) is 0. The van der Waals surface area contributed by atoms with E-state index >= 15 is 0 Å². The van der Waals surface area contributed by atoms with Gasteiger partial charge < -0.3 is 21.0 Å². The maximum atomic E-state index is 12.8. The monoisotopic (exact) mass is 468 g/mol. The third kappa shape index (κ3) is 3.72. The minimum Gasteiger partial charge on any atom is -0.382 e. The molecule has 0 aliphatic heterocycles. The number of aromatic nitrogens is 6. The Morgan fingerprint density at radius 2 is 2.03 bits per heavy atom. The first-order valence-corrected chi connectivity index (χ1v) is 11.6. The molecule has 1 amide bonds. The van der Waals surface area contributed by atoms with Crippen LogP contribution in [0.4, 0.5) is 11.5 Å². The van der Waals surface area contributed by atoms with Crippen LogP contribution in [0.3, 0.4) is 0 Å². The summed E-state index contributed by atoms with van der Waals surface area (Å²) in [5, 5.41) is 3.53. The van der Waals surface area contributed by atoms with Crippen molar-refractivity contribution in [2.24, 2.45) is 5.92 Å². The number of hydrogen-bond acceptors (Lipinski definition) is 6. The second-order valence-corrected chi connectivity index (χ2v) is 8.95. The van der Waals surface area contributed by atoms with Gasteiger partial charge in [0.1, 0.15) is 22.9 Å². The molecule has 35 heavy (non-hydrogen) atoms. The van der Waals surface area contributed by atoms with E-state index in [9.17, 15) is 9.59 Å². The summed E-state index contributed by atoms with van der Waals surface area (Å²) in [5.41, 5.74) is 9.65. The Hall–Kier alpha value is -4.47. The number of carbonyl (C=O) groups is 1. The van der Waals surface area contributed by atoms with Crippen molar-refractivity contribution in [3.05, 3.63) is 71.4 Å². The Morgan fingerprint density at radius 3 is 2.80 bits per heavy atom. The molecule has 1 aliphatic carbocycles. The van der Waals surface area contributed by atoms with Crippen LogP contribution in [0, 0.1) is 5.92 Å². The molecule has 1 fully saturated rings. The third-order valence-electron chi connectivity index (χ3n) is 6.81. The lowest BCUT2D eigenvalue weighted by Gasteiger charge is -2.27. The number of fused-ring (bicyclic) bond motifs is 2. The van der Waals surface area contributed by atoms with Crippen LogP contribution in [0.5, 0.6) is 0 Å². The summed E-state index contributed by atoms with van der Waals surface area (Å²) in [7, 11) is 0. The van der Waals surface area contributed by atoms with Crippen LogP contribution in [0.25, 0.3) is 27.8 Å². The molecule has 1 aliphatic rings. The van der Waals surface area contributed by atoms with Crippen molar-refractivity contribution < 1.29 is 4.79 Å². The smallest absolute Gasteiger partial charge is 0.257 e. The molecule has 10 heteroatoms. The minimum atomic E-state index is -0.164. The van der Waals surface area contributed by atoms with E-state index < -0.39 is 0 Å². The molecule has 0 unspecified atom stereocenters. The highest BCUT2D eigenvalue weighted by molar-refractivity contribution is 5.92. The van der Waals surface area contributed by atoms with E-state index in [0.717, 1.165) is 37.0 Å². The number of nitrogen functional groups attached to an aromatic ring is 1. The number of carbonyl (C=O) groups excluding carboxylic acids is 1. The van der Waals surface area contributed by atoms with Crippen LogP contribution in [0.2, 0.25) is 0 Å². The van der Waals surface area contributed by atoms with Crippen molar-refractivity contribution in [1.82, 2.24) is 29.3 Å². The molecule has 0 spiro atoms. The van der Waals surface area contributed by atoms with Crippen molar-refractivity contribution >= 4 is 33.8 Å². The van der Waals surface area contributed by atoms with Gasteiger partial charge in [-0.2, -0.15) is 0 Å². The molecule has 10 nitrogen and oxygen atoms in total. The van der Waals surface area contributed by atoms with Crippen molar-refractivity contribution in [2.45, 2.75) is 31.6 Å². The molecule has 5 N–H and O–H groups in total. The number of amides is 1. The highest BCUT2D eigenvalue weighted by Gasteiger charge is 2.31. The van der Waals surface area contributed by atoms with E-state index in [2.05, 4.69) is 25.3 Å². The quantitative estimate of drug-likeness (QED) is 0.318. The summed E-state index contributed by atoms with van der Waals surface area (Å²) < 4.78 is 1.99. The van der Waals surface area contributed by atoms with Crippen molar-refractivity contribution in [3.63, 3.8) is 0 Å². The van der Waals surface area contributed by atoms with Gasteiger partial charge >= 0.3 is 0 Å². The van der Waals surface area contributed by atoms with E-state index in [0.29, 0.717) is 33.8 Å². The van der Waals surface area contributed by atoms with Crippen LogP contribution >= 0.6 is 0 Å². The Bertz CT molecular complexity index is 1590. The van der Waals surface area contributed by atoms with Gasteiger partial charge in [-0.1, -0.05) is 0 Å². The zero-order chi connectivity index (χ0) is 23.9. The number of imidazole rings is 1. The number of rotatable bonds is 4. The number of pyridine rings is 2. The lowest BCUT2D eigenvalue weighted by molar-refractivity contribution is -0.120. The van der Waals surface area contributed by atoms with Crippen molar-refractivity contribution in [3.8, 4) is 11.4 Å². The molecule has 0 atom stereocenters. The van der Waals surface area contributed by atoms with E-state index in [4.69, 9.17) is 10.7 Å². The lowest BCUT2D eigenvalue weighted by atomic mass is 9.81. The molecule has 6 rings (SSSR count). The summed E-state index contributed by atoms with van der Waals surface area (Å²) >= 11 is 0. The van der Waals surface area contributed by atoms with Gasteiger partial charge in [-0.3, -0.25) is 19.0 Å². The number of H-pyrrole nitrogens is 2. The topological polar surface area (TPSA) is 147 Å². The van der Waals surface area contributed by atoms with Gasteiger partial charge in [0.2, 0.25) is 5.91 Å². The van der Waals surface area contributed by atoms with E-state index in [1.807, 2.05) is 22.7 Å². The van der Waals surface area contributed by atoms with Crippen LogP contribution in [0.15, 0.2) is 60.0 Å². The maximum Gasteiger partial charge on any atom is 0.257 e. The first kappa shape index (κ1) is 21.1. The molecular formula is C25H24N8O2. The van der Waals surface area contributed by atoms with Gasteiger partial charge in [-0.25, -0.2) is 9.97 Å². The number of nitrogens with one attached hydrogen (secondary N) is 3. The van der Waals surface area contributed by atoms with Gasteiger partial charge in [0.25, 0.3) is 5.56 Å². The van der Waals surface area contributed by atoms with Crippen LogP contribution in [-0.4, -0.2) is 35.2 Å². The minimum absolute atomic E-state index is 0.0295. The highest BCUT2D eigenvalue weighted by Crippen LogP contribution is 2.39. The molecule has 0 bridgehead atoms. The van der Waals surface area contributed by atoms with E-state index in [1.54, 1.807) is 36.9 Å². The second-order valence-electron chi connectivity index (χ2n) is 8.95. The fraction of sp³-hybridized carbons (Fsp3) is 0.240. The van der Waals surface area contributed by atoms with E-state index in [-0.39, 0.29) is 23.3 Å². The second kappa shape index (κ2) is 8.39. The summed E-state index contributed by atoms with van der Waals surface area (Å²) in [6, 6.07) is 7.26. The maximum absolute atomic E-state index is 12.8. The van der Waals surface area contributed by atoms with Crippen molar-refractivity contribution in [2.75, 3.05) is 11.1 Å². The van der Waals surface area contributed by atoms with Gasteiger partial charge in [0.05, 0.1) is 28.5 Å². The van der Waals surface area contributed by atoms with Crippen LogP contribution in [-0.2, 0) is 4.79 Å². The normalized spacial score (nSPS) is 18.2. The summed E-state index contributed by atoms with van der Waals surface area (Å²) in [5.74, 6) is 1.42. The zero-order valence-corrected chi connectivity index (χ0v) is 18.9. The first-order valence-electron chi connectivity index (χ1n) is 11.6. The first-order chi connectivity index (χ1) is 17.1. The van der Waals surface area contributed by atoms with Gasteiger partial charge in [0.15, 0.2) is 0 Å². The largest absolute Gasteiger partial charge is 0.382 e. The third-order valence-corrected chi connectivity index (χ3v) is 6.81. The predicted molar refractivity (Wildman–Crippen MR) is 133 cm³/mol. The highest BCUT2D eigenvalue weighted by atomic mass is 16.2. The Kier molecular flexibility index (Phi) is 5.05. The van der Waals surface area contributed by atoms with Gasteiger partial charge in [0, 0.05) is 36.6 Å². The van der Waals surface area contributed by atoms with E-state index in [1.165, 1.54) is 0 Å². The van der Waals surface area contributed by atoms with Gasteiger partial charge in [-0.05, 0) is 49.9 Å². The number of nitrogens with zero attached hydrogens (tertiary/aromatic N) is 4. The molecule has 176 valence electrons. The molecule has 0 radical (unpaired) electrons. The van der Waals surface area contributed by atoms with Gasteiger partial charge in [-0.15, -0.1) is 0 Å². The van der Waals surface area contributed by atoms with Crippen LogP contribution < -0.4 is 16.6 Å². The number of nitrogens with two attached hydrogens (primary N) is 1. The predicted octanol–water partition coefficient (Wildman–Crippen LogP) is 3.46. The fourth-order valence-electron chi connectivity index (χ4n) is 5.05. The lowest BCUT2D eigenvalue weighted by Crippen LogP contribution is -2.27. The average molecular weight is 469 g/mol. The molecule has 5 aromatic rings. The number of hydrogen-bond donors (Lipinski definition) is 4. The molecule has 1 saturated carbocycles. The molecule has 5 heterocycles. The molecule has 5 aromatic heterocycles. The summed E-state index contributed by atoms with van der Waals surface area (Å²) in [6.07, 6.45) is 11.7. The zero-order valence-electron chi connectivity index (χ0n) is 18.9. The Balaban J connectivity index is 1.30. The molecule has 0 aromatic carbocycles. The Morgan fingerprint density at radius 1 is 1.17 bits per heavy atom. The summed E-state index contributed by atoms with van der Waals surface area (Å²) in [4.78, 5) is 44.3. The van der Waals surface area contributed by atoms with Crippen LogP contribution in [0.1, 0.15) is 37.4 Å². The average Bonchev–Trinajstić information content (AvgIpc) is 3.48.